The lowest BCUT2D eigenvalue weighted by Crippen LogP contribution is -2.14. The first-order valence-corrected chi connectivity index (χ1v) is 7.25. The summed E-state index contributed by atoms with van der Waals surface area (Å²) in [4.78, 5) is 13.0. The molecule has 0 aromatic heterocycles. The average Bonchev–Trinajstić information content (AvgIpc) is 2.42. The number of thioether (sulfide) groups is 1. The lowest BCUT2D eigenvalue weighted by molar-refractivity contribution is -0.113. The first kappa shape index (κ1) is 14.0. The van der Waals surface area contributed by atoms with Crippen molar-refractivity contribution in [2.24, 2.45) is 0 Å². The minimum Gasteiger partial charge on any atom is -0.325 e. The van der Waals surface area contributed by atoms with E-state index >= 15 is 0 Å². The highest BCUT2D eigenvalue weighted by Gasteiger charge is 2.06. The maximum absolute atomic E-state index is 11.9. The van der Waals surface area contributed by atoms with Crippen LogP contribution >= 0.6 is 23.4 Å². The molecule has 2 aromatic carbocycles. The van der Waals surface area contributed by atoms with Crippen LogP contribution in [0.25, 0.3) is 0 Å². The standard InChI is InChI=1S/C15H14ClNOS/c1-11-7-8-12(16)9-14(11)17-15(18)10-19-13-5-3-2-4-6-13/h2-9H,10H2,1H3,(H,17,18). The molecule has 2 nitrogen and oxygen atoms in total. The minimum atomic E-state index is -0.0285. The number of benzene rings is 2. The summed E-state index contributed by atoms with van der Waals surface area (Å²) in [6.07, 6.45) is 0. The average molecular weight is 292 g/mol. The van der Waals surface area contributed by atoms with Crippen LogP contribution in [-0.2, 0) is 4.79 Å². The molecule has 0 aliphatic heterocycles. The van der Waals surface area contributed by atoms with E-state index in [1.807, 2.05) is 49.4 Å². The zero-order valence-electron chi connectivity index (χ0n) is 10.5. The van der Waals surface area contributed by atoms with E-state index in [4.69, 9.17) is 11.6 Å². The van der Waals surface area contributed by atoms with Gasteiger partial charge in [-0.25, -0.2) is 0 Å². The molecular weight excluding hydrogens is 278 g/mol. The summed E-state index contributed by atoms with van der Waals surface area (Å²) in [5.41, 5.74) is 1.77. The van der Waals surface area contributed by atoms with Gasteiger partial charge in [-0.05, 0) is 36.8 Å². The van der Waals surface area contributed by atoms with Crippen molar-refractivity contribution in [1.82, 2.24) is 0 Å². The number of nitrogens with one attached hydrogen (secondary N) is 1. The number of hydrogen-bond acceptors (Lipinski definition) is 2. The zero-order chi connectivity index (χ0) is 13.7. The van der Waals surface area contributed by atoms with Crippen molar-refractivity contribution in [2.75, 3.05) is 11.1 Å². The second-order valence-electron chi connectivity index (χ2n) is 4.11. The molecule has 0 heterocycles. The van der Waals surface area contributed by atoms with Crippen molar-refractivity contribution in [3.63, 3.8) is 0 Å². The molecule has 19 heavy (non-hydrogen) atoms. The molecule has 0 radical (unpaired) electrons. The molecule has 0 spiro atoms. The number of carbonyl (C=O) groups is 1. The summed E-state index contributed by atoms with van der Waals surface area (Å²) in [6.45, 7) is 1.94. The Morgan fingerprint density at radius 2 is 1.95 bits per heavy atom. The SMILES string of the molecule is Cc1ccc(Cl)cc1NC(=O)CSc1ccccc1. The molecule has 2 aromatic rings. The van der Waals surface area contributed by atoms with Gasteiger partial charge < -0.3 is 5.32 Å². The quantitative estimate of drug-likeness (QED) is 0.847. The third kappa shape index (κ3) is 4.30. The lowest BCUT2D eigenvalue weighted by Gasteiger charge is -2.08. The molecule has 1 N–H and O–H groups in total. The van der Waals surface area contributed by atoms with E-state index in [1.54, 1.807) is 6.07 Å². The Labute approximate surface area is 122 Å². The topological polar surface area (TPSA) is 29.1 Å². The Morgan fingerprint density at radius 1 is 1.21 bits per heavy atom. The van der Waals surface area contributed by atoms with Gasteiger partial charge in [-0.3, -0.25) is 4.79 Å². The van der Waals surface area contributed by atoms with Gasteiger partial charge in [0.25, 0.3) is 0 Å². The zero-order valence-corrected chi connectivity index (χ0v) is 12.1. The van der Waals surface area contributed by atoms with Crippen molar-refractivity contribution in [1.29, 1.82) is 0 Å². The largest absolute Gasteiger partial charge is 0.325 e. The lowest BCUT2D eigenvalue weighted by atomic mass is 10.2. The van der Waals surface area contributed by atoms with Crippen molar-refractivity contribution in [3.8, 4) is 0 Å². The van der Waals surface area contributed by atoms with Crippen LogP contribution in [0.5, 0.6) is 0 Å². The normalized spacial score (nSPS) is 10.2. The van der Waals surface area contributed by atoms with E-state index in [-0.39, 0.29) is 5.91 Å². The molecule has 0 fully saturated rings. The molecule has 0 atom stereocenters. The molecule has 4 heteroatoms. The molecule has 1 amide bonds. The molecule has 2 rings (SSSR count). The van der Waals surface area contributed by atoms with Crippen LogP contribution in [0.15, 0.2) is 53.4 Å². The van der Waals surface area contributed by atoms with E-state index in [1.165, 1.54) is 11.8 Å². The van der Waals surface area contributed by atoms with Crippen LogP contribution in [0, 0.1) is 6.92 Å². The number of aryl methyl sites for hydroxylation is 1. The fourth-order valence-corrected chi connectivity index (χ4v) is 2.47. The smallest absolute Gasteiger partial charge is 0.234 e. The molecule has 0 aliphatic rings. The third-order valence-electron chi connectivity index (χ3n) is 2.59. The van der Waals surface area contributed by atoms with Gasteiger partial charge in [0.2, 0.25) is 5.91 Å². The Balaban J connectivity index is 1.93. The van der Waals surface area contributed by atoms with Gasteiger partial charge in [-0.1, -0.05) is 35.9 Å². The fourth-order valence-electron chi connectivity index (χ4n) is 1.58. The van der Waals surface area contributed by atoms with E-state index in [0.29, 0.717) is 10.8 Å². The van der Waals surface area contributed by atoms with Crippen LogP contribution in [0.2, 0.25) is 5.02 Å². The summed E-state index contributed by atoms with van der Waals surface area (Å²) >= 11 is 7.43. The van der Waals surface area contributed by atoms with Crippen molar-refractivity contribution < 1.29 is 4.79 Å². The van der Waals surface area contributed by atoms with Gasteiger partial charge in [0, 0.05) is 15.6 Å². The van der Waals surface area contributed by atoms with E-state index in [9.17, 15) is 4.79 Å². The van der Waals surface area contributed by atoms with Crippen LogP contribution in [0.3, 0.4) is 0 Å². The summed E-state index contributed by atoms with van der Waals surface area (Å²) in [5, 5.41) is 3.50. The molecular formula is C15H14ClNOS. The Morgan fingerprint density at radius 3 is 2.68 bits per heavy atom. The monoisotopic (exact) mass is 291 g/mol. The first-order valence-electron chi connectivity index (χ1n) is 5.89. The predicted octanol–water partition coefficient (Wildman–Crippen LogP) is 4.38. The van der Waals surface area contributed by atoms with E-state index in [0.717, 1.165) is 16.1 Å². The van der Waals surface area contributed by atoms with Gasteiger partial charge in [-0.2, -0.15) is 0 Å². The molecule has 0 unspecified atom stereocenters. The number of anilines is 1. The van der Waals surface area contributed by atoms with Crippen LogP contribution in [-0.4, -0.2) is 11.7 Å². The van der Waals surface area contributed by atoms with Gasteiger partial charge in [0.05, 0.1) is 5.75 Å². The van der Waals surface area contributed by atoms with Crippen molar-refractivity contribution in [2.45, 2.75) is 11.8 Å². The summed E-state index contributed by atoms with van der Waals surface area (Å²) in [6, 6.07) is 15.3. The highest BCUT2D eigenvalue weighted by Crippen LogP contribution is 2.21. The highest BCUT2D eigenvalue weighted by atomic mass is 35.5. The van der Waals surface area contributed by atoms with Crippen molar-refractivity contribution in [3.05, 3.63) is 59.1 Å². The summed E-state index contributed by atoms with van der Waals surface area (Å²) < 4.78 is 0. The van der Waals surface area contributed by atoms with Gasteiger partial charge >= 0.3 is 0 Å². The molecule has 0 bridgehead atoms. The summed E-state index contributed by atoms with van der Waals surface area (Å²) in [5.74, 6) is 0.356. The van der Waals surface area contributed by atoms with E-state index < -0.39 is 0 Å². The first-order chi connectivity index (χ1) is 9.15. The van der Waals surface area contributed by atoms with Gasteiger partial charge in [-0.15, -0.1) is 11.8 Å². The molecule has 0 aliphatic carbocycles. The van der Waals surface area contributed by atoms with Crippen LogP contribution < -0.4 is 5.32 Å². The second kappa shape index (κ2) is 6.64. The number of carbonyl (C=O) groups excluding carboxylic acids is 1. The van der Waals surface area contributed by atoms with Gasteiger partial charge in [0.15, 0.2) is 0 Å². The Bertz CT molecular complexity index is 572. The van der Waals surface area contributed by atoms with Crippen LogP contribution in [0.4, 0.5) is 5.69 Å². The predicted molar refractivity (Wildman–Crippen MR) is 82.0 cm³/mol. The number of halogens is 1. The number of hydrogen-bond donors (Lipinski definition) is 1. The van der Waals surface area contributed by atoms with Crippen molar-refractivity contribution >= 4 is 35.0 Å². The minimum absolute atomic E-state index is 0.0285. The molecule has 0 saturated carbocycles. The molecule has 0 saturated heterocycles. The molecule has 98 valence electrons. The Kier molecular flexibility index (Phi) is 4.88. The maximum atomic E-state index is 11.9. The third-order valence-corrected chi connectivity index (χ3v) is 3.83. The maximum Gasteiger partial charge on any atom is 0.234 e. The van der Waals surface area contributed by atoms with Crippen LogP contribution in [0.1, 0.15) is 5.56 Å². The second-order valence-corrected chi connectivity index (χ2v) is 5.59. The Hall–Kier alpha value is -1.45. The number of amides is 1. The summed E-state index contributed by atoms with van der Waals surface area (Å²) in [7, 11) is 0. The highest BCUT2D eigenvalue weighted by molar-refractivity contribution is 8.00. The van der Waals surface area contributed by atoms with E-state index in [2.05, 4.69) is 5.32 Å². The number of rotatable bonds is 4. The fraction of sp³-hybridized carbons (Fsp3) is 0.133. The van der Waals surface area contributed by atoms with Gasteiger partial charge in [0.1, 0.15) is 0 Å².